The summed E-state index contributed by atoms with van der Waals surface area (Å²) in [6.07, 6.45) is 3.12. The molecule has 0 aliphatic carbocycles. The van der Waals surface area contributed by atoms with Crippen LogP contribution >= 0.6 is 11.6 Å². The highest BCUT2D eigenvalue weighted by Gasteiger charge is 2.16. The Morgan fingerprint density at radius 1 is 1.56 bits per heavy atom. The molecular formula is C11H11ClN2O2. The minimum absolute atomic E-state index is 0.157. The number of carboxylic acids is 1. The molecule has 0 fully saturated rings. The standard InChI is InChI=1S/C11H11ClN2O2/c1-6(2)14-5-9(11(15)16)8-3-7(12)4-13-10(8)14/h3-6H,1-2H3,(H,15,16). The lowest BCUT2D eigenvalue weighted by Crippen LogP contribution is -1.99. The summed E-state index contributed by atoms with van der Waals surface area (Å²) in [5.41, 5.74) is 0.885. The number of hydrogen-bond acceptors (Lipinski definition) is 2. The lowest BCUT2D eigenvalue weighted by molar-refractivity contribution is 0.0699. The first-order valence-electron chi connectivity index (χ1n) is 4.90. The van der Waals surface area contributed by atoms with E-state index in [1.165, 1.54) is 6.20 Å². The number of pyridine rings is 1. The lowest BCUT2D eigenvalue weighted by Gasteiger charge is -2.07. The van der Waals surface area contributed by atoms with Crippen LogP contribution in [0.4, 0.5) is 0 Å². The van der Waals surface area contributed by atoms with E-state index < -0.39 is 5.97 Å². The van der Waals surface area contributed by atoms with Crippen molar-refractivity contribution in [3.63, 3.8) is 0 Å². The van der Waals surface area contributed by atoms with Crippen LogP contribution in [-0.4, -0.2) is 20.6 Å². The second kappa shape index (κ2) is 3.79. The molecular weight excluding hydrogens is 228 g/mol. The van der Waals surface area contributed by atoms with E-state index in [0.29, 0.717) is 16.1 Å². The van der Waals surface area contributed by atoms with Crippen LogP contribution in [-0.2, 0) is 0 Å². The first kappa shape index (κ1) is 11.0. The molecule has 0 saturated heterocycles. The smallest absolute Gasteiger partial charge is 0.337 e. The fourth-order valence-electron chi connectivity index (χ4n) is 1.67. The predicted molar refractivity (Wildman–Crippen MR) is 62.1 cm³/mol. The summed E-state index contributed by atoms with van der Waals surface area (Å²) in [4.78, 5) is 15.3. The molecule has 2 aromatic rings. The van der Waals surface area contributed by atoms with Gasteiger partial charge in [0, 0.05) is 23.8 Å². The van der Waals surface area contributed by atoms with E-state index in [0.717, 1.165) is 0 Å². The summed E-state index contributed by atoms with van der Waals surface area (Å²) < 4.78 is 1.83. The molecule has 2 rings (SSSR count). The molecule has 0 radical (unpaired) electrons. The van der Waals surface area contributed by atoms with E-state index in [1.807, 2.05) is 18.4 Å². The Morgan fingerprint density at radius 3 is 2.81 bits per heavy atom. The van der Waals surface area contributed by atoms with Gasteiger partial charge in [-0.25, -0.2) is 9.78 Å². The Kier molecular flexibility index (Phi) is 2.59. The van der Waals surface area contributed by atoms with Gasteiger partial charge in [-0.2, -0.15) is 0 Å². The van der Waals surface area contributed by atoms with E-state index in [4.69, 9.17) is 16.7 Å². The summed E-state index contributed by atoms with van der Waals surface area (Å²) >= 11 is 5.82. The summed E-state index contributed by atoms with van der Waals surface area (Å²) in [6, 6.07) is 1.79. The number of rotatable bonds is 2. The van der Waals surface area contributed by atoms with E-state index in [-0.39, 0.29) is 11.6 Å². The first-order valence-corrected chi connectivity index (χ1v) is 5.28. The third kappa shape index (κ3) is 1.65. The van der Waals surface area contributed by atoms with Crippen LogP contribution in [0.15, 0.2) is 18.5 Å². The number of aromatic carboxylic acids is 1. The minimum atomic E-state index is -0.964. The van der Waals surface area contributed by atoms with Crippen LogP contribution in [0.1, 0.15) is 30.2 Å². The molecule has 84 valence electrons. The van der Waals surface area contributed by atoms with Crippen molar-refractivity contribution >= 4 is 28.6 Å². The van der Waals surface area contributed by atoms with Gasteiger partial charge in [0.15, 0.2) is 0 Å². The Balaban J connectivity index is 2.81. The van der Waals surface area contributed by atoms with Gasteiger partial charge in [-0.15, -0.1) is 0 Å². The van der Waals surface area contributed by atoms with Gasteiger partial charge in [-0.05, 0) is 19.9 Å². The molecule has 0 atom stereocenters. The average molecular weight is 239 g/mol. The second-order valence-corrected chi connectivity index (χ2v) is 4.31. The molecule has 2 heterocycles. The van der Waals surface area contributed by atoms with Crippen molar-refractivity contribution in [2.24, 2.45) is 0 Å². The molecule has 0 spiro atoms. The highest BCUT2D eigenvalue weighted by Crippen LogP contribution is 2.25. The highest BCUT2D eigenvalue weighted by atomic mass is 35.5. The summed E-state index contributed by atoms with van der Waals surface area (Å²) in [7, 11) is 0. The van der Waals surface area contributed by atoms with Crippen LogP contribution < -0.4 is 0 Å². The lowest BCUT2D eigenvalue weighted by atomic mass is 10.2. The summed E-state index contributed by atoms with van der Waals surface area (Å²) in [5.74, 6) is -0.964. The highest BCUT2D eigenvalue weighted by molar-refractivity contribution is 6.31. The van der Waals surface area contributed by atoms with Gasteiger partial charge in [0.1, 0.15) is 5.65 Å². The maximum absolute atomic E-state index is 11.1. The molecule has 0 aliphatic heterocycles. The fraction of sp³-hybridized carbons (Fsp3) is 0.273. The van der Waals surface area contributed by atoms with Gasteiger partial charge >= 0.3 is 5.97 Å². The number of halogens is 1. The number of hydrogen-bond donors (Lipinski definition) is 1. The van der Waals surface area contributed by atoms with Crippen molar-refractivity contribution in [3.05, 3.63) is 29.0 Å². The van der Waals surface area contributed by atoms with E-state index in [1.54, 1.807) is 12.3 Å². The van der Waals surface area contributed by atoms with Crippen molar-refractivity contribution < 1.29 is 9.90 Å². The monoisotopic (exact) mass is 238 g/mol. The molecule has 5 heteroatoms. The number of carbonyl (C=O) groups is 1. The topological polar surface area (TPSA) is 55.1 Å². The van der Waals surface area contributed by atoms with Crippen LogP contribution in [0.5, 0.6) is 0 Å². The maximum Gasteiger partial charge on any atom is 0.337 e. The molecule has 0 aliphatic rings. The van der Waals surface area contributed by atoms with Crippen molar-refractivity contribution in [2.75, 3.05) is 0 Å². The first-order chi connectivity index (χ1) is 7.50. The van der Waals surface area contributed by atoms with E-state index in [2.05, 4.69) is 4.98 Å². The largest absolute Gasteiger partial charge is 0.478 e. The van der Waals surface area contributed by atoms with Crippen molar-refractivity contribution in [1.29, 1.82) is 0 Å². The normalized spacial score (nSPS) is 11.2. The van der Waals surface area contributed by atoms with Crippen molar-refractivity contribution in [2.45, 2.75) is 19.9 Å². The SMILES string of the molecule is CC(C)n1cc(C(=O)O)c2cc(Cl)cnc21. The molecule has 0 amide bonds. The molecule has 0 aromatic carbocycles. The van der Waals surface area contributed by atoms with E-state index in [9.17, 15) is 4.79 Å². The molecule has 0 unspecified atom stereocenters. The van der Waals surface area contributed by atoms with Crippen molar-refractivity contribution in [1.82, 2.24) is 9.55 Å². The number of carboxylic acid groups (broad SMARTS) is 1. The Hall–Kier alpha value is -1.55. The van der Waals surface area contributed by atoms with Crippen molar-refractivity contribution in [3.8, 4) is 0 Å². The fourth-order valence-corrected chi connectivity index (χ4v) is 1.83. The number of nitrogens with zero attached hydrogens (tertiary/aromatic N) is 2. The Labute approximate surface area is 97.5 Å². The van der Waals surface area contributed by atoms with Gasteiger partial charge < -0.3 is 9.67 Å². The zero-order valence-corrected chi connectivity index (χ0v) is 9.69. The third-order valence-electron chi connectivity index (χ3n) is 2.42. The summed E-state index contributed by atoms with van der Waals surface area (Å²) in [6.45, 7) is 3.95. The van der Waals surface area contributed by atoms with Gasteiger partial charge in [0.2, 0.25) is 0 Å². The van der Waals surface area contributed by atoms with Gasteiger partial charge in [0.05, 0.1) is 10.6 Å². The molecule has 0 bridgehead atoms. The minimum Gasteiger partial charge on any atom is -0.478 e. The van der Waals surface area contributed by atoms with Gasteiger partial charge in [-0.3, -0.25) is 0 Å². The zero-order valence-electron chi connectivity index (χ0n) is 8.94. The van der Waals surface area contributed by atoms with Gasteiger partial charge in [-0.1, -0.05) is 11.6 Å². The second-order valence-electron chi connectivity index (χ2n) is 3.87. The van der Waals surface area contributed by atoms with Crippen LogP contribution in [0.3, 0.4) is 0 Å². The quantitative estimate of drug-likeness (QED) is 0.875. The molecule has 16 heavy (non-hydrogen) atoms. The molecule has 4 nitrogen and oxygen atoms in total. The summed E-state index contributed by atoms with van der Waals surface area (Å²) in [5, 5.41) is 10.1. The number of aromatic nitrogens is 2. The van der Waals surface area contributed by atoms with Crippen LogP contribution in [0.2, 0.25) is 5.02 Å². The van der Waals surface area contributed by atoms with E-state index >= 15 is 0 Å². The third-order valence-corrected chi connectivity index (χ3v) is 2.63. The molecule has 0 saturated carbocycles. The van der Waals surface area contributed by atoms with Crippen LogP contribution in [0, 0.1) is 0 Å². The predicted octanol–water partition coefficient (Wildman–Crippen LogP) is 2.97. The Morgan fingerprint density at radius 2 is 2.25 bits per heavy atom. The molecule has 2 aromatic heterocycles. The number of fused-ring (bicyclic) bond motifs is 1. The Bertz CT molecular complexity index is 560. The maximum atomic E-state index is 11.1. The average Bonchev–Trinajstić information content (AvgIpc) is 2.56. The molecule has 1 N–H and O–H groups in total. The van der Waals surface area contributed by atoms with Gasteiger partial charge in [0.25, 0.3) is 0 Å². The zero-order chi connectivity index (χ0) is 11.9. The van der Waals surface area contributed by atoms with Crippen LogP contribution in [0.25, 0.3) is 11.0 Å².